The Kier molecular flexibility index (Phi) is 5.89. The number of ether oxygens (including phenoxy) is 1. The number of halogens is 4. The molecule has 5 nitrogen and oxygen atoms in total. The van der Waals surface area contributed by atoms with Crippen molar-refractivity contribution in [3.63, 3.8) is 0 Å². The van der Waals surface area contributed by atoms with Gasteiger partial charge in [-0.15, -0.1) is 0 Å². The lowest BCUT2D eigenvalue weighted by Gasteiger charge is -2.24. The molecule has 3 rings (SSSR count). The molecule has 0 aliphatic heterocycles. The normalized spacial score (nSPS) is 19.0. The third kappa shape index (κ3) is 4.71. The summed E-state index contributed by atoms with van der Waals surface area (Å²) in [4.78, 5) is 24.2. The van der Waals surface area contributed by atoms with Crippen molar-refractivity contribution in [2.75, 3.05) is 12.4 Å². The molecule has 2 aliphatic rings. The van der Waals surface area contributed by atoms with E-state index in [0.29, 0.717) is 24.0 Å². The fourth-order valence-electron chi connectivity index (χ4n) is 3.92. The van der Waals surface area contributed by atoms with Crippen LogP contribution < -0.4 is 11.1 Å². The van der Waals surface area contributed by atoms with Gasteiger partial charge < -0.3 is 15.8 Å². The van der Waals surface area contributed by atoms with Crippen molar-refractivity contribution in [1.82, 2.24) is 0 Å². The first kappa shape index (κ1) is 21.5. The number of nitrogens with one attached hydrogen (secondary N) is 1. The van der Waals surface area contributed by atoms with Crippen LogP contribution in [-0.2, 0) is 20.5 Å². The molecule has 2 fully saturated rings. The molecule has 3 N–H and O–H groups in total. The molecule has 1 amide bonds. The van der Waals surface area contributed by atoms with Crippen LogP contribution in [0.2, 0.25) is 0 Å². The lowest BCUT2D eigenvalue weighted by molar-refractivity contribution is -0.143. The van der Waals surface area contributed by atoms with Crippen LogP contribution in [0.5, 0.6) is 0 Å². The molecule has 9 heteroatoms. The Hall–Kier alpha value is -2.16. The summed E-state index contributed by atoms with van der Waals surface area (Å²) >= 11 is 0. The Morgan fingerprint density at radius 3 is 2.17 bits per heavy atom. The maximum atomic E-state index is 14.5. The van der Waals surface area contributed by atoms with Gasteiger partial charge in [-0.05, 0) is 68.1 Å². The van der Waals surface area contributed by atoms with E-state index in [4.69, 9.17) is 5.73 Å². The predicted octanol–water partition coefficient (Wildman–Crippen LogP) is 3.82. The van der Waals surface area contributed by atoms with Gasteiger partial charge >= 0.3 is 12.1 Å². The second-order valence-corrected chi connectivity index (χ2v) is 7.93. The highest BCUT2D eigenvalue weighted by Crippen LogP contribution is 2.50. The number of hydrogen-bond acceptors (Lipinski definition) is 4. The smallest absolute Gasteiger partial charge is 0.416 e. The Balaban J connectivity index is 1.87. The molecular formula is C20H24F4N2O3. The van der Waals surface area contributed by atoms with Gasteiger partial charge in [0.2, 0.25) is 5.91 Å². The molecule has 1 aromatic rings. The summed E-state index contributed by atoms with van der Waals surface area (Å²) in [5, 5.41) is 2.22. The molecule has 2 atom stereocenters. The van der Waals surface area contributed by atoms with E-state index >= 15 is 0 Å². The van der Waals surface area contributed by atoms with Gasteiger partial charge in [-0.3, -0.25) is 9.59 Å². The van der Waals surface area contributed by atoms with Crippen molar-refractivity contribution in [3.05, 3.63) is 29.1 Å². The Morgan fingerprint density at radius 1 is 1.17 bits per heavy atom. The van der Waals surface area contributed by atoms with Crippen LogP contribution in [0.4, 0.5) is 23.2 Å². The molecule has 2 saturated carbocycles. The number of rotatable bonds is 7. The van der Waals surface area contributed by atoms with Crippen LogP contribution in [0.15, 0.2) is 12.1 Å². The fourth-order valence-corrected chi connectivity index (χ4v) is 3.92. The van der Waals surface area contributed by atoms with Gasteiger partial charge in [0.15, 0.2) is 0 Å². The third-order valence-electron chi connectivity index (χ3n) is 5.77. The number of alkyl halides is 3. The van der Waals surface area contributed by atoms with E-state index in [1.54, 1.807) is 0 Å². The van der Waals surface area contributed by atoms with Crippen LogP contribution in [0, 0.1) is 23.6 Å². The zero-order valence-electron chi connectivity index (χ0n) is 16.2. The molecule has 0 bridgehead atoms. The van der Waals surface area contributed by atoms with E-state index in [2.05, 4.69) is 10.1 Å². The van der Waals surface area contributed by atoms with E-state index < -0.39 is 52.6 Å². The number of amides is 1. The molecular weight excluding hydrogens is 392 g/mol. The van der Waals surface area contributed by atoms with Gasteiger partial charge in [-0.25, -0.2) is 4.39 Å². The van der Waals surface area contributed by atoms with Gasteiger partial charge in [0, 0.05) is 0 Å². The topological polar surface area (TPSA) is 81.4 Å². The first-order valence-corrected chi connectivity index (χ1v) is 9.59. The fraction of sp³-hybridized carbons (Fsp3) is 0.600. The summed E-state index contributed by atoms with van der Waals surface area (Å²) in [5.41, 5.74) is 3.71. The number of esters is 1. The number of carbonyl (C=O) groups excluding carboxylic acids is 2. The molecule has 0 saturated heterocycles. The van der Waals surface area contributed by atoms with Gasteiger partial charge in [0.1, 0.15) is 5.82 Å². The SMILES string of the molecule is COC(=O)C(C)c1cc(F)c(NC(=O)[C@@H](N)C(C2CC2)C2CC2)cc1C(F)(F)F. The summed E-state index contributed by atoms with van der Waals surface area (Å²) in [6, 6.07) is 0.223. The minimum Gasteiger partial charge on any atom is -0.469 e. The maximum absolute atomic E-state index is 14.5. The van der Waals surface area contributed by atoms with E-state index in [-0.39, 0.29) is 5.92 Å². The number of carbonyl (C=O) groups is 2. The van der Waals surface area contributed by atoms with Crippen molar-refractivity contribution in [2.24, 2.45) is 23.5 Å². The number of hydrogen-bond donors (Lipinski definition) is 2. The van der Waals surface area contributed by atoms with Crippen molar-refractivity contribution < 1.29 is 31.9 Å². The number of benzene rings is 1. The molecule has 0 aromatic heterocycles. The second-order valence-electron chi connectivity index (χ2n) is 7.93. The zero-order valence-corrected chi connectivity index (χ0v) is 16.2. The van der Waals surface area contributed by atoms with E-state index in [9.17, 15) is 27.2 Å². The Morgan fingerprint density at radius 2 is 1.72 bits per heavy atom. The first-order valence-electron chi connectivity index (χ1n) is 9.59. The molecule has 1 aromatic carbocycles. The number of anilines is 1. The van der Waals surface area contributed by atoms with E-state index in [0.717, 1.165) is 32.8 Å². The molecule has 160 valence electrons. The monoisotopic (exact) mass is 416 g/mol. The zero-order chi connectivity index (χ0) is 21.5. The summed E-state index contributed by atoms with van der Waals surface area (Å²) in [6.07, 6.45) is -0.926. The highest BCUT2D eigenvalue weighted by atomic mass is 19.4. The first-order chi connectivity index (χ1) is 13.5. The average Bonchev–Trinajstić information content (AvgIpc) is 3.55. The summed E-state index contributed by atoms with van der Waals surface area (Å²) in [6.45, 7) is 1.19. The highest BCUT2D eigenvalue weighted by Gasteiger charge is 2.46. The standard InChI is InChI=1S/C20H24F4N2O3/c1-9(19(28)29-2)12-7-14(21)15(8-13(12)20(22,23)24)26-18(27)17(25)16(10-3-4-10)11-5-6-11/h7-11,16-17H,3-6,25H2,1-2H3,(H,26,27)/t9?,17-/m0/s1. The maximum Gasteiger partial charge on any atom is 0.416 e. The quantitative estimate of drug-likeness (QED) is 0.523. The van der Waals surface area contributed by atoms with Gasteiger partial charge in [0.05, 0.1) is 30.3 Å². The lowest BCUT2D eigenvalue weighted by atomic mass is 9.89. The number of methoxy groups -OCH3 is 1. The average molecular weight is 416 g/mol. The minimum absolute atomic E-state index is 0.0289. The molecule has 2 aliphatic carbocycles. The second kappa shape index (κ2) is 7.93. The van der Waals surface area contributed by atoms with Crippen LogP contribution in [0.1, 0.15) is 49.7 Å². The van der Waals surface area contributed by atoms with Crippen LogP contribution in [0.3, 0.4) is 0 Å². The Labute approximate surface area is 166 Å². The van der Waals surface area contributed by atoms with Gasteiger partial charge in [0.25, 0.3) is 0 Å². The molecule has 1 unspecified atom stereocenters. The molecule has 0 heterocycles. The van der Waals surface area contributed by atoms with E-state index in [1.807, 2.05) is 0 Å². The highest BCUT2D eigenvalue weighted by molar-refractivity contribution is 5.95. The van der Waals surface area contributed by atoms with Crippen molar-refractivity contribution >= 4 is 17.6 Å². The van der Waals surface area contributed by atoms with Crippen LogP contribution in [-0.4, -0.2) is 25.0 Å². The lowest BCUT2D eigenvalue weighted by Crippen LogP contribution is -2.44. The predicted molar refractivity (Wildman–Crippen MR) is 97.4 cm³/mol. The van der Waals surface area contributed by atoms with Crippen molar-refractivity contribution in [1.29, 1.82) is 0 Å². The summed E-state index contributed by atoms with van der Waals surface area (Å²) < 4.78 is 59.6. The summed E-state index contributed by atoms with van der Waals surface area (Å²) in [5.74, 6) is -3.35. The van der Waals surface area contributed by atoms with Gasteiger partial charge in [-0.1, -0.05) is 0 Å². The van der Waals surface area contributed by atoms with E-state index in [1.165, 1.54) is 6.92 Å². The third-order valence-corrected chi connectivity index (χ3v) is 5.77. The van der Waals surface area contributed by atoms with Crippen LogP contribution >= 0.6 is 0 Å². The minimum atomic E-state index is -4.85. The van der Waals surface area contributed by atoms with Crippen LogP contribution in [0.25, 0.3) is 0 Å². The van der Waals surface area contributed by atoms with Gasteiger partial charge in [-0.2, -0.15) is 13.2 Å². The molecule has 0 spiro atoms. The Bertz CT molecular complexity index is 792. The number of nitrogens with two attached hydrogens (primary N) is 1. The largest absolute Gasteiger partial charge is 0.469 e. The summed E-state index contributed by atoms with van der Waals surface area (Å²) in [7, 11) is 1.04. The molecule has 29 heavy (non-hydrogen) atoms. The van der Waals surface area contributed by atoms with Crippen molar-refractivity contribution in [3.8, 4) is 0 Å². The molecule has 0 radical (unpaired) electrons. The van der Waals surface area contributed by atoms with Crippen molar-refractivity contribution in [2.45, 2.75) is 50.7 Å².